The second-order valence-corrected chi connectivity index (χ2v) is 10.6. The SMILES string of the molecule is COc1ccc(NC(=O)N2CCN(c3cc(Cl)nc(-n4ccnc4)n3)C(CC(=O)NCCc3cc(OC)ccc3OC)C2)cc1. The molecule has 0 aliphatic carbocycles. The molecule has 1 fully saturated rings. The summed E-state index contributed by atoms with van der Waals surface area (Å²) in [7, 11) is 4.80. The molecule has 13 nitrogen and oxygen atoms in total. The van der Waals surface area contributed by atoms with Gasteiger partial charge in [-0.25, -0.2) is 14.8 Å². The number of amides is 3. The standard InChI is InChI=1S/C31H35ClN8O5/c1-43-24-6-4-22(5-7-24)35-31(42)38-14-15-40(28-18-27(32)36-30(37-28)39-13-12-33-20-39)23(19-38)17-29(41)34-11-10-21-16-25(44-2)8-9-26(21)45-3/h4-9,12-13,16,18,20,23H,10-11,14-15,17,19H2,1-3H3,(H,34,41)(H,35,42). The van der Waals surface area contributed by atoms with E-state index >= 15 is 0 Å². The summed E-state index contributed by atoms with van der Waals surface area (Å²) in [6.07, 6.45) is 5.59. The zero-order chi connectivity index (χ0) is 31.8. The van der Waals surface area contributed by atoms with Gasteiger partial charge in [0.05, 0.1) is 27.4 Å². The van der Waals surface area contributed by atoms with E-state index in [2.05, 4.69) is 20.6 Å². The number of nitrogens with zero attached hydrogens (tertiary/aromatic N) is 6. The molecule has 2 aromatic carbocycles. The third-order valence-corrected chi connectivity index (χ3v) is 7.63. The first-order valence-corrected chi connectivity index (χ1v) is 14.7. The first kappa shape index (κ1) is 31.4. The minimum atomic E-state index is -0.395. The quantitative estimate of drug-likeness (QED) is 0.236. The molecule has 3 heterocycles. The summed E-state index contributed by atoms with van der Waals surface area (Å²) in [6, 6.07) is 13.7. The zero-order valence-electron chi connectivity index (χ0n) is 25.3. The van der Waals surface area contributed by atoms with E-state index in [1.807, 2.05) is 23.1 Å². The van der Waals surface area contributed by atoms with Gasteiger partial charge in [0, 0.05) is 56.7 Å². The lowest BCUT2D eigenvalue weighted by atomic mass is 10.1. The van der Waals surface area contributed by atoms with E-state index in [1.54, 1.807) is 79.8 Å². The van der Waals surface area contributed by atoms with Gasteiger partial charge in [0.2, 0.25) is 11.9 Å². The number of carbonyl (C=O) groups excluding carboxylic acids is 2. The van der Waals surface area contributed by atoms with Gasteiger partial charge in [-0.3, -0.25) is 9.36 Å². The summed E-state index contributed by atoms with van der Waals surface area (Å²) >= 11 is 6.41. The summed E-state index contributed by atoms with van der Waals surface area (Å²) in [5.41, 5.74) is 1.55. The van der Waals surface area contributed by atoms with Crippen molar-refractivity contribution < 1.29 is 23.8 Å². The third-order valence-electron chi connectivity index (χ3n) is 7.44. The minimum Gasteiger partial charge on any atom is -0.497 e. The van der Waals surface area contributed by atoms with E-state index in [4.69, 9.17) is 30.8 Å². The molecule has 5 rings (SSSR count). The monoisotopic (exact) mass is 634 g/mol. The number of hydrogen-bond donors (Lipinski definition) is 2. The fourth-order valence-corrected chi connectivity index (χ4v) is 5.30. The maximum absolute atomic E-state index is 13.3. The molecule has 1 atom stereocenters. The molecular formula is C31H35ClN8O5. The Morgan fingerprint density at radius 3 is 2.47 bits per heavy atom. The predicted molar refractivity (Wildman–Crippen MR) is 170 cm³/mol. The molecule has 0 spiro atoms. The Kier molecular flexibility index (Phi) is 10.2. The van der Waals surface area contributed by atoms with E-state index in [-0.39, 0.29) is 30.1 Å². The molecule has 1 aliphatic rings. The van der Waals surface area contributed by atoms with Crippen LogP contribution in [-0.4, -0.2) is 89.9 Å². The summed E-state index contributed by atoms with van der Waals surface area (Å²) in [5.74, 6) is 2.85. The van der Waals surface area contributed by atoms with E-state index in [0.29, 0.717) is 55.0 Å². The zero-order valence-corrected chi connectivity index (χ0v) is 26.0. The highest BCUT2D eigenvalue weighted by Crippen LogP contribution is 2.26. The molecule has 1 saturated heterocycles. The lowest BCUT2D eigenvalue weighted by Crippen LogP contribution is -2.57. The van der Waals surface area contributed by atoms with Crippen molar-refractivity contribution in [2.24, 2.45) is 0 Å². The first-order chi connectivity index (χ1) is 21.9. The van der Waals surface area contributed by atoms with Gasteiger partial charge in [0.15, 0.2) is 0 Å². The van der Waals surface area contributed by atoms with Gasteiger partial charge < -0.3 is 34.6 Å². The predicted octanol–water partition coefficient (Wildman–Crippen LogP) is 3.81. The minimum absolute atomic E-state index is 0.115. The smallest absolute Gasteiger partial charge is 0.321 e. The van der Waals surface area contributed by atoms with Crippen molar-refractivity contribution in [1.29, 1.82) is 0 Å². The normalized spacial score (nSPS) is 14.5. The number of carbonyl (C=O) groups is 2. The third kappa shape index (κ3) is 7.92. The number of methoxy groups -OCH3 is 3. The number of hydrogen-bond acceptors (Lipinski definition) is 9. The Hall–Kier alpha value is -5.04. The molecule has 4 aromatic rings. The summed E-state index contributed by atoms with van der Waals surface area (Å²) in [4.78, 5) is 43.4. The van der Waals surface area contributed by atoms with E-state index in [1.165, 1.54) is 0 Å². The molecule has 1 unspecified atom stereocenters. The largest absolute Gasteiger partial charge is 0.497 e. The number of benzene rings is 2. The lowest BCUT2D eigenvalue weighted by Gasteiger charge is -2.42. The van der Waals surface area contributed by atoms with Gasteiger partial charge in [-0.2, -0.15) is 4.98 Å². The van der Waals surface area contributed by atoms with Crippen molar-refractivity contribution >= 4 is 35.0 Å². The van der Waals surface area contributed by atoms with Crippen LogP contribution in [-0.2, 0) is 11.2 Å². The molecule has 0 bridgehead atoms. The molecule has 45 heavy (non-hydrogen) atoms. The van der Waals surface area contributed by atoms with Crippen LogP contribution < -0.4 is 29.7 Å². The van der Waals surface area contributed by atoms with E-state index < -0.39 is 6.04 Å². The van der Waals surface area contributed by atoms with Crippen molar-refractivity contribution in [3.63, 3.8) is 0 Å². The number of aromatic nitrogens is 4. The maximum atomic E-state index is 13.3. The maximum Gasteiger partial charge on any atom is 0.321 e. The number of nitrogens with one attached hydrogen (secondary N) is 2. The van der Waals surface area contributed by atoms with Crippen molar-refractivity contribution in [3.05, 3.63) is 78.0 Å². The number of halogens is 1. The van der Waals surface area contributed by atoms with Crippen molar-refractivity contribution in [1.82, 2.24) is 29.7 Å². The number of anilines is 2. The van der Waals surface area contributed by atoms with Crippen LogP contribution in [0.2, 0.25) is 5.15 Å². The molecule has 0 radical (unpaired) electrons. The number of piperazine rings is 1. The number of ether oxygens (including phenoxy) is 3. The van der Waals surface area contributed by atoms with Gasteiger partial charge in [-0.15, -0.1) is 0 Å². The van der Waals surface area contributed by atoms with Crippen LogP contribution in [0, 0.1) is 0 Å². The fraction of sp³-hybridized carbons (Fsp3) is 0.323. The average Bonchev–Trinajstić information content (AvgIpc) is 3.60. The van der Waals surface area contributed by atoms with E-state index in [0.717, 1.165) is 11.3 Å². The molecule has 2 aromatic heterocycles. The van der Waals surface area contributed by atoms with Crippen LogP contribution in [0.3, 0.4) is 0 Å². The Balaban J connectivity index is 1.31. The number of rotatable bonds is 11. The molecule has 0 saturated carbocycles. The fourth-order valence-electron chi connectivity index (χ4n) is 5.13. The Morgan fingerprint density at radius 2 is 1.76 bits per heavy atom. The number of imidazole rings is 1. The highest BCUT2D eigenvalue weighted by Gasteiger charge is 2.32. The van der Waals surface area contributed by atoms with Crippen LogP contribution in [0.4, 0.5) is 16.3 Å². The lowest BCUT2D eigenvalue weighted by molar-refractivity contribution is -0.121. The second-order valence-electron chi connectivity index (χ2n) is 10.3. The van der Waals surface area contributed by atoms with Crippen molar-refractivity contribution in [3.8, 4) is 23.2 Å². The Morgan fingerprint density at radius 1 is 0.978 bits per heavy atom. The highest BCUT2D eigenvalue weighted by atomic mass is 35.5. The molecule has 2 N–H and O–H groups in total. The second kappa shape index (κ2) is 14.6. The molecule has 14 heteroatoms. The molecule has 236 valence electrons. The van der Waals surface area contributed by atoms with E-state index in [9.17, 15) is 9.59 Å². The van der Waals surface area contributed by atoms with Gasteiger partial charge in [-0.1, -0.05) is 11.6 Å². The molecule has 1 aliphatic heterocycles. The van der Waals surface area contributed by atoms with Crippen LogP contribution in [0.1, 0.15) is 12.0 Å². The Labute approximate surface area is 266 Å². The van der Waals surface area contributed by atoms with Gasteiger partial charge in [-0.05, 0) is 54.4 Å². The van der Waals surface area contributed by atoms with Crippen LogP contribution in [0.15, 0.2) is 67.3 Å². The van der Waals surface area contributed by atoms with Gasteiger partial charge in [0.1, 0.15) is 34.5 Å². The van der Waals surface area contributed by atoms with Gasteiger partial charge >= 0.3 is 6.03 Å². The summed E-state index contributed by atoms with van der Waals surface area (Å²) in [5, 5.41) is 6.20. The number of urea groups is 1. The highest BCUT2D eigenvalue weighted by molar-refractivity contribution is 6.29. The average molecular weight is 635 g/mol. The van der Waals surface area contributed by atoms with Crippen molar-refractivity contribution in [2.75, 3.05) is 57.7 Å². The molecule has 3 amide bonds. The molecular weight excluding hydrogens is 600 g/mol. The summed E-state index contributed by atoms with van der Waals surface area (Å²) in [6.45, 7) is 1.49. The van der Waals surface area contributed by atoms with Gasteiger partial charge in [0.25, 0.3) is 0 Å². The summed E-state index contributed by atoms with van der Waals surface area (Å²) < 4.78 is 17.7. The van der Waals surface area contributed by atoms with Crippen LogP contribution in [0.25, 0.3) is 5.95 Å². The van der Waals surface area contributed by atoms with Crippen LogP contribution in [0.5, 0.6) is 17.2 Å². The first-order valence-electron chi connectivity index (χ1n) is 14.3. The topological polar surface area (TPSA) is 136 Å². The Bertz CT molecular complexity index is 1600. The van der Waals surface area contributed by atoms with Crippen molar-refractivity contribution in [2.45, 2.75) is 18.9 Å². The van der Waals surface area contributed by atoms with Crippen LogP contribution >= 0.6 is 11.6 Å².